The fourth-order valence-electron chi connectivity index (χ4n) is 1.26. The largest absolute Gasteiger partial charge is 0.372 e. The van der Waals surface area contributed by atoms with Crippen LogP contribution in [0, 0.1) is 0 Å². The van der Waals surface area contributed by atoms with Crippen molar-refractivity contribution in [1.29, 1.82) is 0 Å². The van der Waals surface area contributed by atoms with Crippen LogP contribution in [0.5, 0.6) is 0 Å². The lowest BCUT2D eigenvalue weighted by atomic mass is 10.4. The van der Waals surface area contributed by atoms with E-state index in [0.717, 1.165) is 16.1 Å². The summed E-state index contributed by atoms with van der Waals surface area (Å²) in [5, 5.41) is 9.65. The number of anilines is 2. The van der Waals surface area contributed by atoms with Gasteiger partial charge in [0, 0.05) is 20.0 Å². The van der Waals surface area contributed by atoms with Crippen LogP contribution in [0.2, 0.25) is 0 Å². The molecule has 0 amide bonds. The second kappa shape index (κ2) is 5.58. The van der Waals surface area contributed by atoms with Crippen LogP contribution in [-0.2, 0) is 6.42 Å². The second-order valence-electron chi connectivity index (χ2n) is 3.15. The van der Waals surface area contributed by atoms with E-state index < -0.39 is 0 Å². The van der Waals surface area contributed by atoms with E-state index in [9.17, 15) is 0 Å². The predicted octanol–water partition coefficient (Wildman–Crippen LogP) is 1.32. The molecule has 90 valence electrons. The molecule has 2 rings (SSSR count). The Morgan fingerprint density at radius 3 is 2.76 bits per heavy atom. The first-order valence-corrected chi connectivity index (χ1v) is 5.78. The van der Waals surface area contributed by atoms with E-state index in [1.54, 1.807) is 7.05 Å². The van der Waals surface area contributed by atoms with Crippen LogP contribution >= 0.6 is 15.9 Å². The van der Waals surface area contributed by atoms with Crippen LogP contribution in [0.1, 0.15) is 5.89 Å². The lowest BCUT2D eigenvalue weighted by molar-refractivity contribution is 0.379. The van der Waals surface area contributed by atoms with Gasteiger partial charge in [0.05, 0.1) is 0 Å². The molecule has 2 heterocycles. The van der Waals surface area contributed by atoms with Gasteiger partial charge in [0.25, 0.3) is 0 Å². The molecule has 0 aliphatic rings. The van der Waals surface area contributed by atoms with Crippen molar-refractivity contribution in [3.63, 3.8) is 0 Å². The van der Waals surface area contributed by atoms with E-state index in [1.165, 1.54) is 12.7 Å². The first-order chi connectivity index (χ1) is 8.31. The van der Waals surface area contributed by atoms with Gasteiger partial charge < -0.3 is 15.2 Å². The van der Waals surface area contributed by atoms with Gasteiger partial charge in [-0.1, -0.05) is 5.16 Å². The highest BCUT2D eigenvalue weighted by Crippen LogP contribution is 2.25. The molecule has 2 N–H and O–H groups in total. The zero-order chi connectivity index (χ0) is 12.1. The molecule has 0 fully saturated rings. The number of hydrogen-bond acceptors (Lipinski definition) is 7. The lowest BCUT2D eigenvalue weighted by Crippen LogP contribution is -2.08. The Bertz CT molecular complexity index is 474. The normalized spacial score (nSPS) is 10.2. The van der Waals surface area contributed by atoms with Gasteiger partial charge in [0.2, 0.25) is 5.89 Å². The van der Waals surface area contributed by atoms with Crippen molar-refractivity contribution in [2.45, 2.75) is 6.42 Å². The maximum atomic E-state index is 4.89. The number of hydrogen-bond donors (Lipinski definition) is 2. The summed E-state index contributed by atoms with van der Waals surface area (Å²) < 4.78 is 5.69. The zero-order valence-corrected chi connectivity index (χ0v) is 10.7. The molecule has 0 atom stereocenters. The SMILES string of the molecule is CNc1ncnc(NCCc2ncno2)c1Br. The lowest BCUT2D eigenvalue weighted by Gasteiger charge is -2.08. The fraction of sp³-hybridized carbons (Fsp3) is 0.333. The maximum absolute atomic E-state index is 4.89. The van der Waals surface area contributed by atoms with Crippen LogP contribution in [-0.4, -0.2) is 33.7 Å². The molecule has 0 aliphatic carbocycles. The molecular formula is C9H11BrN6O. The van der Waals surface area contributed by atoms with Crippen LogP contribution in [0.25, 0.3) is 0 Å². The highest BCUT2D eigenvalue weighted by atomic mass is 79.9. The quantitative estimate of drug-likeness (QED) is 0.860. The van der Waals surface area contributed by atoms with Crippen molar-refractivity contribution in [2.24, 2.45) is 0 Å². The molecule has 0 saturated heterocycles. The van der Waals surface area contributed by atoms with Crippen molar-refractivity contribution in [2.75, 3.05) is 24.2 Å². The Labute approximate surface area is 106 Å². The molecule has 0 aliphatic heterocycles. The zero-order valence-electron chi connectivity index (χ0n) is 9.14. The fourth-order valence-corrected chi connectivity index (χ4v) is 1.80. The van der Waals surface area contributed by atoms with Gasteiger partial charge in [-0.3, -0.25) is 0 Å². The van der Waals surface area contributed by atoms with Crippen molar-refractivity contribution < 1.29 is 4.52 Å². The average Bonchev–Trinajstić information content (AvgIpc) is 2.84. The third-order valence-corrected chi connectivity index (χ3v) is 2.82. The molecule has 0 radical (unpaired) electrons. The Kier molecular flexibility index (Phi) is 3.86. The molecular weight excluding hydrogens is 288 g/mol. The maximum Gasteiger partial charge on any atom is 0.228 e. The molecule has 0 aromatic carbocycles. The summed E-state index contributed by atoms with van der Waals surface area (Å²) in [6, 6.07) is 0. The number of aromatic nitrogens is 4. The third kappa shape index (κ3) is 2.90. The van der Waals surface area contributed by atoms with Crippen LogP contribution in [0.3, 0.4) is 0 Å². The van der Waals surface area contributed by atoms with Gasteiger partial charge >= 0.3 is 0 Å². The van der Waals surface area contributed by atoms with Gasteiger partial charge in [0.1, 0.15) is 22.4 Å². The highest BCUT2D eigenvalue weighted by Gasteiger charge is 2.07. The second-order valence-corrected chi connectivity index (χ2v) is 3.94. The monoisotopic (exact) mass is 298 g/mol. The van der Waals surface area contributed by atoms with Crippen molar-refractivity contribution in [3.05, 3.63) is 23.0 Å². The average molecular weight is 299 g/mol. The van der Waals surface area contributed by atoms with E-state index in [2.05, 4.69) is 46.7 Å². The summed E-state index contributed by atoms with van der Waals surface area (Å²) in [6.07, 6.45) is 3.52. The van der Waals surface area contributed by atoms with E-state index in [1.807, 2.05) is 0 Å². The molecule has 0 saturated carbocycles. The van der Waals surface area contributed by atoms with Gasteiger partial charge in [-0.25, -0.2) is 9.97 Å². The summed E-state index contributed by atoms with van der Waals surface area (Å²) in [6.45, 7) is 0.654. The number of nitrogens with one attached hydrogen (secondary N) is 2. The van der Waals surface area contributed by atoms with Crippen LogP contribution in [0.4, 0.5) is 11.6 Å². The smallest absolute Gasteiger partial charge is 0.228 e. The summed E-state index contributed by atoms with van der Waals surface area (Å²) >= 11 is 3.42. The molecule has 7 nitrogen and oxygen atoms in total. The van der Waals surface area contributed by atoms with Gasteiger partial charge in [-0.05, 0) is 15.9 Å². The topological polar surface area (TPSA) is 88.8 Å². The highest BCUT2D eigenvalue weighted by molar-refractivity contribution is 9.10. The summed E-state index contributed by atoms with van der Waals surface area (Å²) in [7, 11) is 1.80. The first kappa shape index (κ1) is 11.8. The Hall–Kier alpha value is -1.70. The van der Waals surface area contributed by atoms with E-state index >= 15 is 0 Å². The standard InChI is InChI=1S/C9H11BrN6O/c1-11-8-7(10)9(15-4-14-8)12-3-2-6-13-5-16-17-6/h4-5H,2-3H2,1H3,(H2,11,12,14,15). The van der Waals surface area contributed by atoms with E-state index in [-0.39, 0.29) is 0 Å². The molecule has 2 aromatic rings. The number of rotatable bonds is 5. The summed E-state index contributed by atoms with van der Waals surface area (Å²) in [4.78, 5) is 12.1. The van der Waals surface area contributed by atoms with E-state index in [4.69, 9.17) is 4.52 Å². The minimum atomic E-state index is 0.594. The molecule has 2 aromatic heterocycles. The Balaban J connectivity index is 1.95. The third-order valence-electron chi connectivity index (χ3n) is 2.06. The minimum Gasteiger partial charge on any atom is -0.372 e. The van der Waals surface area contributed by atoms with Gasteiger partial charge in [-0.2, -0.15) is 4.98 Å². The Morgan fingerprint density at radius 1 is 1.24 bits per heavy atom. The minimum absolute atomic E-state index is 0.594. The molecule has 8 heteroatoms. The summed E-state index contributed by atoms with van der Waals surface area (Å²) in [5.41, 5.74) is 0. The Morgan fingerprint density at radius 2 is 2.06 bits per heavy atom. The predicted molar refractivity (Wildman–Crippen MR) is 65.8 cm³/mol. The molecule has 0 spiro atoms. The van der Waals surface area contributed by atoms with Crippen molar-refractivity contribution >= 4 is 27.6 Å². The van der Waals surface area contributed by atoms with E-state index in [0.29, 0.717) is 18.9 Å². The van der Waals surface area contributed by atoms with Gasteiger partial charge in [0.15, 0.2) is 6.33 Å². The van der Waals surface area contributed by atoms with Crippen LogP contribution < -0.4 is 10.6 Å². The number of nitrogens with zero attached hydrogens (tertiary/aromatic N) is 4. The molecule has 0 bridgehead atoms. The molecule has 0 unspecified atom stereocenters. The first-order valence-electron chi connectivity index (χ1n) is 4.99. The molecule has 17 heavy (non-hydrogen) atoms. The van der Waals surface area contributed by atoms with Gasteiger partial charge in [-0.15, -0.1) is 0 Å². The van der Waals surface area contributed by atoms with Crippen molar-refractivity contribution in [1.82, 2.24) is 20.1 Å². The summed E-state index contributed by atoms with van der Waals surface area (Å²) in [5.74, 6) is 2.06. The van der Waals surface area contributed by atoms with Crippen molar-refractivity contribution in [3.8, 4) is 0 Å². The van der Waals surface area contributed by atoms with Crippen LogP contribution in [0.15, 0.2) is 21.7 Å². The number of halogens is 1.